The fourth-order valence-corrected chi connectivity index (χ4v) is 3.88. The Labute approximate surface area is 192 Å². The number of aryl methyl sites for hydroxylation is 1. The van der Waals surface area contributed by atoms with E-state index in [1.54, 1.807) is 31.4 Å². The summed E-state index contributed by atoms with van der Waals surface area (Å²) in [7, 11) is 1.61. The summed E-state index contributed by atoms with van der Waals surface area (Å²) in [5, 5.41) is 0.615. The van der Waals surface area contributed by atoms with Gasteiger partial charge in [0.25, 0.3) is 5.91 Å². The monoisotopic (exact) mass is 452 g/mol. The number of benzene rings is 2. The molecule has 0 unspecified atom stereocenters. The predicted octanol–water partition coefficient (Wildman–Crippen LogP) is 4.59. The van der Waals surface area contributed by atoms with Crippen LogP contribution in [0.15, 0.2) is 54.9 Å². The molecule has 2 heterocycles. The maximum atomic E-state index is 12.9. The van der Waals surface area contributed by atoms with Gasteiger partial charge in [-0.2, -0.15) is 0 Å². The van der Waals surface area contributed by atoms with Crippen molar-refractivity contribution in [2.75, 3.05) is 31.6 Å². The Morgan fingerprint density at radius 3 is 2.56 bits per heavy atom. The number of rotatable bonds is 5. The van der Waals surface area contributed by atoms with Crippen molar-refractivity contribution in [3.05, 3.63) is 71.0 Å². The second kappa shape index (κ2) is 9.44. The number of hydrogen-bond donors (Lipinski definition) is 0. The summed E-state index contributed by atoms with van der Waals surface area (Å²) in [6, 6.07) is 14.6. The summed E-state index contributed by atoms with van der Waals surface area (Å²) in [5.41, 5.74) is 1.72. The highest BCUT2D eigenvalue weighted by atomic mass is 35.5. The van der Waals surface area contributed by atoms with Crippen LogP contribution in [0.25, 0.3) is 0 Å². The van der Waals surface area contributed by atoms with Crippen LogP contribution in [0, 0.1) is 6.92 Å². The van der Waals surface area contributed by atoms with E-state index in [0.717, 1.165) is 11.4 Å². The first kappa shape index (κ1) is 21.9. The first-order valence-electron chi connectivity index (χ1n) is 10.4. The number of hydrogen-bond acceptors (Lipinski definition) is 6. The first-order valence-corrected chi connectivity index (χ1v) is 10.8. The van der Waals surface area contributed by atoms with Gasteiger partial charge in [0.1, 0.15) is 12.1 Å². The van der Waals surface area contributed by atoms with Gasteiger partial charge in [-0.1, -0.05) is 17.7 Å². The SMILES string of the molecule is COc1cc(C)ccc1Oc1cc(N2CCN(C(=O)c3ccc(Cl)cc3)[C@H](C)C2)ncn1. The van der Waals surface area contributed by atoms with Crippen LogP contribution in [0.4, 0.5) is 5.82 Å². The van der Waals surface area contributed by atoms with Crippen LogP contribution in [0.1, 0.15) is 22.8 Å². The van der Waals surface area contributed by atoms with Gasteiger partial charge in [0.15, 0.2) is 11.5 Å². The Morgan fingerprint density at radius 1 is 1.06 bits per heavy atom. The van der Waals surface area contributed by atoms with Gasteiger partial charge in [0.2, 0.25) is 5.88 Å². The number of amides is 1. The van der Waals surface area contributed by atoms with Gasteiger partial charge in [-0.25, -0.2) is 9.97 Å². The van der Waals surface area contributed by atoms with Crippen molar-refractivity contribution in [1.82, 2.24) is 14.9 Å². The van der Waals surface area contributed by atoms with Crippen molar-refractivity contribution < 1.29 is 14.3 Å². The molecule has 1 aliphatic heterocycles. The lowest BCUT2D eigenvalue weighted by molar-refractivity contribution is 0.0673. The van der Waals surface area contributed by atoms with Crippen molar-refractivity contribution in [1.29, 1.82) is 0 Å². The van der Waals surface area contributed by atoms with E-state index in [9.17, 15) is 4.79 Å². The van der Waals surface area contributed by atoms with Gasteiger partial charge in [0, 0.05) is 42.3 Å². The van der Waals surface area contributed by atoms with E-state index in [0.29, 0.717) is 47.6 Å². The molecule has 1 aliphatic rings. The van der Waals surface area contributed by atoms with E-state index in [4.69, 9.17) is 21.1 Å². The minimum atomic E-state index is 0.00647. The summed E-state index contributed by atoms with van der Waals surface area (Å²) in [6.45, 7) is 5.94. The fourth-order valence-electron chi connectivity index (χ4n) is 3.76. The number of piperazine rings is 1. The van der Waals surface area contributed by atoms with Crippen LogP contribution >= 0.6 is 11.6 Å². The number of methoxy groups -OCH3 is 1. The Hall–Kier alpha value is -3.32. The van der Waals surface area contributed by atoms with Crippen LogP contribution in [0.3, 0.4) is 0 Å². The van der Waals surface area contributed by atoms with E-state index >= 15 is 0 Å². The van der Waals surface area contributed by atoms with Crippen molar-refractivity contribution in [3.8, 4) is 17.4 Å². The molecule has 2 aromatic carbocycles. The van der Waals surface area contributed by atoms with Gasteiger partial charge in [-0.05, 0) is 55.8 Å². The molecule has 8 heteroatoms. The summed E-state index contributed by atoms with van der Waals surface area (Å²) >= 11 is 5.94. The third-order valence-electron chi connectivity index (χ3n) is 5.46. The van der Waals surface area contributed by atoms with Gasteiger partial charge >= 0.3 is 0 Å². The normalized spacial score (nSPS) is 16.1. The number of nitrogens with zero attached hydrogens (tertiary/aromatic N) is 4. The van der Waals surface area contributed by atoms with Crippen molar-refractivity contribution in [2.45, 2.75) is 19.9 Å². The zero-order chi connectivity index (χ0) is 22.7. The zero-order valence-corrected chi connectivity index (χ0v) is 19.0. The highest BCUT2D eigenvalue weighted by Crippen LogP contribution is 2.32. The molecule has 3 aromatic rings. The van der Waals surface area contributed by atoms with Gasteiger partial charge in [-0.3, -0.25) is 4.79 Å². The molecule has 1 amide bonds. The van der Waals surface area contributed by atoms with Crippen LogP contribution in [-0.2, 0) is 0 Å². The lowest BCUT2D eigenvalue weighted by Gasteiger charge is -2.40. The van der Waals surface area contributed by atoms with E-state index in [2.05, 4.69) is 14.9 Å². The molecule has 4 rings (SSSR count). The van der Waals surface area contributed by atoms with Crippen molar-refractivity contribution >= 4 is 23.3 Å². The molecule has 0 saturated carbocycles. The Balaban J connectivity index is 1.45. The minimum absolute atomic E-state index is 0.00647. The molecule has 1 fully saturated rings. The maximum absolute atomic E-state index is 12.9. The Kier molecular flexibility index (Phi) is 6.46. The maximum Gasteiger partial charge on any atom is 0.254 e. The lowest BCUT2D eigenvalue weighted by atomic mass is 10.1. The summed E-state index contributed by atoms with van der Waals surface area (Å²) in [5.74, 6) is 2.44. The first-order chi connectivity index (χ1) is 15.4. The zero-order valence-electron chi connectivity index (χ0n) is 18.3. The molecule has 0 N–H and O–H groups in total. The summed E-state index contributed by atoms with van der Waals surface area (Å²) < 4.78 is 11.4. The molecular weight excluding hydrogens is 428 g/mol. The molecule has 0 bridgehead atoms. The summed E-state index contributed by atoms with van der Waals surface area (Å²) in [6.07, 6.45) is 1.49. The number of carbonyl (C=O) groups excluding carboxylic acids is 1. The standard InChI is InChI=1S/C24H25ClN4O3/c1-16-4-9-20(21(12-16)31-3)32-23-13-22(26-15-27-23)28-10-11-29(17(2)14-28)24(30)18-5-7-19(25)8-6-18/h4-9,12-13,15,17H,10-11,14H2,1-3H3/t17-/m1/s1. The molecular formula is C24H25ClN4O3. The van der Waals surface area contributed by atoms with Crippen molar-refractivity contribution in [3.63, 3.8) is 0 Å². The fraction of sp³-hybridized carbons (Fsp3) is 0.292. The van der Waals surface area contributed by atoms with Crippen LogP contribution in [0.2, 0.25) is 5.02 Å². The van der Waals surface area contributed by atoms with Crippen molar-refractivity contribution in [2.24, 2.45) is 0 Å². The van der Waals surface area contributed by atoms with E-state index in [1.165, 1.54) is 6.33 Å². The van der Waals surface area contributed by atoms with E-state index in [1.807, 2.05) is 43.0 Å². The number of carbonyl (C=O) groups is 1. The third kappa shape index (κ3) is 4.78. The Morgan fingerprint density at radius 2 is 1.84 bits per heavy atom. The molecule has 1 saturated heterocycles. The van der Waals surface area contributed by atoms with Gasteiger partial charge < -0.3 is 19.3 Å². The average molecular weight is 453 g/mol. The molecule has 166 valence electrons. The second-order valence-corrected chi connectivity index (χ2v) is 8.21. The molecule has 1 aromatic heterocycles. The molecule has 0 radical (unpaired) electrons. The quantitative estimate of drug-likeness (QED) is 0.564. The number of ether oxygens (including phenoxy) is 2. The molecule has 0 spiro atoms. The summed E-state index contributed by atoms with van der Waals surface area (Å²) in [4.78, 5) is 25.6. The second-order valence-electron chi connectivity index (χ2n) is 7.77. The highest BCUT2D eigenvalue weighted by molar-refractivity contribution is 6.30. The minimum Gasteiger partial charge on any atom is -0.493 e. The topological polar surface area (TPSA) is 67.8 Å². The third-order valence-corrected chi connectivity index (χ3v) is 5.72. The number of halogens is 1. The van der Waals surface area contributed by atoms with Gasteiger partial charge in [0.05, 0.1) is 7.11 Å². The average Bonchev–Trinajstić information content (AvgIpc) is 2.80. The predicted molar refractivity (Wildman–Crippen MR) is 124 cm³/mol. The molecule has 1 atom stereocenters. The van der Waals surface area contributed by atoms with Crippen LogP contribution < -0.4 is 14.4 Å². The molecule has 32 heavy (non-hydrogen) atoms. The molecule has 0 aliphatic carbocycles. The number of anilines is 1. The smallest absolute Gasteiger partial charge is 0.254 e. The van der Waals surface area contributed by atoms with Crippen LogP contribution in [-0.4, -0.2) is 53.6 Å². The highest BCUT2D eigenvalue weighted by Gasteiger charge is 2.29. The number of aromatic nitrogens is 2. The van der Waals surface area contributed by atoms with E-state index in [-0.39, 0.29) is 11.9 Å². The Bertz CT molecular complexity index is 1110. The van der Waals surface area contributed by atoms with Gasteiger partial charge in [-0.15, -0.1) is 0 Å². The van der Waals surface area contributed by atoms with Crippen LogP contribution in [0.5, 0.6) is 17.4 Å². The lowest BCUT2D eigenvalue weighted by Crippen LogP contribution is -2.54. The largest absolute Gasteiger partial charge is 0.493 e. The van der Waals surface area contributed by atoms with E-state index < -0.39 is 0 Å². The molecule has 7 nitrogen and oxygen atoms in total.